The number of nitrogens with two attached hydrogens (primary N) is 1. The highest BCUT2D eigenvalue weighted by Crippen LogP contribution is 2.10. The summed E-state index contributed by atoms with van der Waals surface area (Å²) in [5.74, 6) is -0.284. The fourth-order valence-corrected chi connectivity index (χ4v) is 3.49. The molecule has 1 aromatic carbocycles. The number of hydrogen-bond donors (Lipinski definition) is 3. The second kappa shape index (κ2) is 5.86. The molecule has 1 amide bonds. The maximum absolute atomic E-state index is 12.0. The van der Waals surface area contributed by atoms with Gasteiger partial charge in [-0.05, 0) is 5.56 Å². The Hall–Kier alpha value is -1.51. The monoisotopic (exact) mass is 313 g/mol. The zero-order valence-electron chi connectivity index (χ0n) is 10.6. The van der Waals surface area contributed by atoms with Crippen LogP contribution < -0.4 is 15.8 Å². The van der Waals surface area contributed by atoms with Crippen LogP contribution in [0.2, 0.25) is 0 Å². The van der Waals surface area contributed by atoms with E-state index in [0.29, 0.717) is 17.7 Å². The average molecular weight is 313 g/mol. The molecule has 1 unspecified atom stereocenters. The molecule has 1 heterocycles. The fraction of sp³-hybridized carbons (Fsp3) is 0.333. The van der Waals surface area contributed by atoms with E-state index < -0.39 is 10.0 Å². The van der Waals surface area contributed by atoms with Crippen LogP contribution in [0.15, 0.2) is 24.3 Å². The van der Waals surface area contributed by atoms with Crippen LogP contribution in [0, 0.1) is 0 Å². The Morgan fingerprint density at radius 2 is 2.05 bits per heavy atom. The van der Waals surface area contributed by atoms with Crippen LogP contribution in [0.4, 0.5) is 0 Å². The van der Waals surface area contributed by atoms with Crippen molar-refractivity contribution in [1.29, 1.82) is 0 Å². The molecule has 20 heavy (non-hydrogen) atoms. The number of hydrogen-bond acceptors (Lipinski definition) is 4. The summed E-state index contributed by atoms with van der Waals surface area (Å²) in [6.45, 7) is 0.332. The number of nitrogens with one attached hydrogen (secondary N) is 2. The van der Waals surface area contributed by atoms with Gasteiger partial charge in [-0.25, -0.2) is 13.1 Å². The minimum atomic E-state index is -3.48. The molecule has 0 bridgehead atoms. The molecule has 108 valence electrons. The van der Waals surface area contributed by atoms with Crippen molar-refractivity contribution in [3.63, 3.8) is 0 Å². The first kappa shape index (κ1) is 14.9. The lowest BCUT2D eigenvalue weighted by Gasteiger charge is -2.11. The quantitative estimate of drug-likeness (QED) is 0.644. The third-order valence-electron chi connectivity index (χ3n) is 2.92. The van der Waals surface area contributed by atoms with E-state index >= 15 is 0 Å². The van der Waals surface area contributed by atoms with Crippen molar-refractivity contribution in [3.8, 4) is 0 Å². The second-order valence-electron chi connectivity index (χ2n) is 4.64. The van der Waals surface area contributed by atoms with Crippen LogP contribution in [0.25, 0.3) is 0 Å². The summed E-state index contributed by atoms with van der Waals surface area (Å²) in [6, 6.07) is 6.35. The molecule has 1 aliphatic heterocycles. The van der Waals surface area contributed by atoms with E-state index in [9.17, 15) is 13.2 Å². The minimum absolute atomic E-state index is 0.140. The van der Waals surface area contributed by atoms with E-state index in [1.165, 1.54) is 0 Å². The smallest absolute Gasteiger partial charge is 0.221 e. The Labute approximate surface area is 122 Å². The van der Waals surface area contributed by atoms with Gasteiger partial charge in [-0.1, -0.05) is 36.5 Å². The van der Waals surface area contributed by atoms with Crippen molar-refractivity contribution in [1.82, 2.24) is 10.0 Å². The Bertz CT molecular complexity index is 626. The van der Waals surface area contributed by atoms with Crippen molar-refractivity contribution in [2.45, 2.75) is 18.2 Å². The summed E-state index contributed by atoms with van der Waals surface area (Å²) < 4.78 is 26.5. The van der Waals surface area contributed by atoms with Gasteiger partial charge in [0.2, 0.25) is 15.9 Å². The number of amides is 1. The summed E-state index contributed by atoms with van der Waals surface area (Å²) in [5.41, 5.74) is 6.80. The molecular formula is C12H15N3O3S2. The standard InChI is InChI=1S/C12H15N3O3S2/c13-12(19)9-3-1-8(2-4-9)7-20(17,18)15-10-5-11(16)14-6-10/h1-4,10,15H,5-7H2,(H2,13,19)(H,14,16). The molecule has 2 rings (SSSR count). The van der Waals surface area contributed by atoms with Crippen molar-refractivity contribution < 1.29 is 13.2 Å². The van der Waals surface area contributed by atoms with Gasteiger partial charge in [-0.15, -0.1) is 0 Å². The average Bonchev–Trinajstić information content (AvgIpc) is 2.73. The molecular weight excluding hydrogens is 298 g/mol. The highest BCUT2D eigenvalue weighted by Gasteiger charge is 2.25. The molecule has 0 aromatic heterocycles. The van der Waals surface area contributed by atoms with Crippen LogP contribution in [-0.2, 0) is 20.6 Å². The summed E-state index contributed by atoms with van der Waals surface area (Å²) in [4.78, 5) is 11.3. The van der Waals surface area contributed by atoms with Crippen LogP contribution >= 0.6 is 12.2 Å². The van der Waals surface area contributed by atoms with Crippen molar-refractivity contribution >= 4 is 33.1 Å². The summed E-state index contributed by atoms with van der Waals surface area (Å²) >= 11 is 4.83. The van der Waals surface area contributed by atoms with E-state index in [1.807, 2.05) is 0 Å². The lowest BCUT2D eigenvalue weighted by Crippen LogP contribution is -2.36. The van der Waals surface area contributed by atoms with Crippen molar-refractivity contribution in [3.05, 3.63) is 35.4 Å². The molecule has 0 radical (unpaired) electrons. The van der Waals surface area contributed by atoms with Crippen LogP contribution in [0.3, 0.4) is 0 Å². The normalized spacial score (nSPS) is 18.8. The first-order valence-corrected chi connectivity index (χ1v) is 8.07. The molecule has 8 heteroatoms. The third kappa shape index (κ3) is 3.99. The lowest BCUT2D eigenvalue weighted by molar-refractivity contribution is -0.119. The first-order valence-electron chi connectivity index (χ1n) is 6.01. The first-order chi connectivity index (χ1) is 9.35. The SMILES string of the molecule is NC(=S)c1ccc(CS(=O)(=O)NC2CNC(=O)C2)cc1. The molecule has 6 nitrogen and oxygen atoms in total. The number of rotatable bonds is 5. The van der Waals surface area contributed by atoms with E-state index in [0.717, 1.165) is 0 Å². The van der Waals surface area contributed by atoms with E-state index in [2.05, 4.69) is 10.0 Å². The second-order valence-corrected chi connectivity index (χ2v) is 6.84. The maximum Gasteiger partial charge on any atom is 0.221 e. The molecule has 4 N–H and O–H groups in total. The predicted molar refractivity (Wildman–Crippen MR) is 79.5 cm³/mol. The maximum atomic E-state index is 12.0. The van der Waals surface area contributed by atoms with Gasteiger partial charge in [0.25, 0.3) is 0 Å². The van der Waals surface area contributed by atoms with Gasteiger partial charge < -0.3 is 11.1 Å². The van der Waals surface area contributed by atoms with Crippen molar-refractivity contribution in [2.75, 3.05) is 6.54 Å². The molecule has 1 saturated heterocycles. The van der Waals surface area contributed by atoms with Gasteiger partial charge in [0, 0.05) is 24.6 Å². The van der Waals surface area contributed by atoms with Crippen LogP contribution in [-0.4, -0.2) is 31.9 Å². The highest BCUT2D eigenvalue weighted by molar-refractivity contribution is 7.88. The lowest BCUT2D eigenvalue weighted by atomic mass is 10.1. The molecule has 1 aliphatic rings. The van der Waals surface area contributed by atoms with E-state index in [1.54, 1.807) is 24.3 Å². The van der Waals surface area contributed by atoms with Crippen LogP contribution in [0.5, 0.6) is 0 Å². The van der Waals surface area contributed by atoms with Crippen LogP contribution in [0.1, 0.15) is 17.5 Å². The van der Waals surface area contributed by atoms with Gasteiger partial charge in [0.1, 0.15) is 4.99 Å². The predicted octanol–water partition coefficient (Wildman–Crippen LogP) is -0.371. The summed E-state index contributed by atoms with van der Waals surface area (Å²) in [7, 11) is -3.48. The van der Waals surface area contributed by atoms with Gasteiger partial charge in [-0.3, -0.25) is 4.79 Å². The number of sulfonamides is 1. The zero-order valence-corrected chi connectivity index (χ0v) is 12.3. The molecule has 0 saturated carbocycles. The van der Waals surface area contributed by atoms with E-state index in [4.69, 9.17) is 18.0 Å². The van der Waals surface area contributed by atoms with Gasteiger partial charge in [-0.2, -0.15) is 0 Å². The molecule has 1 fully saturated rings. The number of benzene rings is 1. The minimum Gasteiger partial charge on any atom is -0.389 e. The summed E-state index contributed by atoms with van der Waals surface area (Å²) in [5, 5.41) is 2.58. The zero-order chi connectivity index (χ0) is 14.8. The Balaban J connectivity index is 2.00. The van der Waals surface area contributed by atoms with Crippen molar-refractivity contribution in [2.24, 2.45) is 5.73 Å². The summed E-state index contributed by atoms with van der Waals surface area (Å²) in [6.07, 6.45) is 0.180. The van der Waals surface area contributed by atoms with Gasteiger partial charge in [0.15, 0.2) is 0 Å². The molecule has 0 spiro atoms. The number of thiocarbonyl (C=S) groups is 1. The molecule has 1 aromatic rings. The topological polar surface area (TPSA) is 101 Å². The van der Waals surface area contributed by atoms with Gasteiger partial charge in [0.05, 0.1) is 5.75 Å². The number of carbonyl (C=O) groups excluding carboxylic acids is 1. The molecule has 0 aliphatic carbocycles. The fourth-order valence-electron chi connectivity index (χ4n) is 1.97. The Morgan fingerprint density at radius 3 is 2.55 bits per heavy atom. The molecule has 1 atom stereocenters. The Kier molecular flexibility index (Phi) is 4.36. The highest BCUT2D eigenvalue weighted by atomic mass is 32.2. The third-order valence-corrected chi connectivity index (χ3v) is 4.56. The van der Waals surface area contributed by atoms with Gasteiger partial charge >= 0.3 is 0 Å². The largest absolute Gasteiger partial charge is 0.389 e. The number of carbonyl (C=O) groups is 1. The van der Waals surface area contributed by atoms with E-state index in [-0.39, 0.29) is 29.1 Å². The Morgan fingerprint density at radius 1 is 1.40 bits per heavy atom.